The summed E-state index contributed by atoms with van der Waals surface area (Å²) >= 11 is 0. The van der Waals surface area contributed by atoms with E-state index < -0.39 is 0 Å². The third-order valence-electron chi connectivity index (χ3n) is 2.39. The Labute approximate surface area is 87.1 Å². The van der Waals surface area contributed by atoms with Crippen molar-refractivity contribution in [3.63, 3.8) is 0 Å². The van der Waals surface area contributed by atoms with E-state index in [0.29, 0.717) is 16.9 Å². The van der Waals surface area contributed by atoms with Crippen LogP contribution in [-0.2, 0) is 7.05 Å². The molecule has 5 heteroatoms. The van der Waals surface area contributed by atoms with E-state index in [1.54, 1.807) is 18.7 Å². The highest BCUT2D eigenvalue weighted by atomic mass is 16.1. The minimum absolute atomic E-state index is 0.102. The van der Waals surface area contributed by atoms with Crippen molar-refractivity contribution in [2.45, 2.75) is 26.7 Å². The van der Waals surface area contributed by atoms with Crippen molar-refractivity contribution in [3.8, 4) is 0 Å². The van der Waals surface area contributed by atoms with Crippen molar-refractivity contribution in [1.29, 1.82) is 0 Å². The first-order valence-electron chi connectivity index (χ1n) is 4.94. The van der Waals surface area contributed by atoms with E-state index in [4.69, 9.17) is 0 Å². The van der Waals surface area contributed by atoms with Gasteiger partial charge in [-0.25, -0.2) is 9.67 Å². The molecule has 1 N–H and O–H groups in total. The second-order valence-corrected chi connectivity index (χ2v) is 4.01. The first-order chi connectivity index (χ1) is 7.00. The Balaban J connectivity index is 2.94. The fourth-order valence-electron chi connectivity index (χ4n) is 1.70. The van der Waals surface area contributed by atoms with Gasteiger partial charge in [0.2, 0.25) is 0 Å². The highest BCUT2D eigenvalue weighted by Gasteiger charge is 2.16. The number of fused-ring (bicyclic) bond motifs is 1. The molecule has 0 saturated heterocycles. The number of aryl methyl sites for hydroxylation is 2. The number of hydrogen-bond donors (Lipinski definition) is 1. The Morgan fingerprint density at radius 1 is 1.40 bits per heavy atom. The maximum atomic E-state index is 11.8. The smallest absolute Gasteiger partial charge is 0.262 e. The number of aromatic amines is 1. The minimum Gasteiger partial charge on any atom is -0.310 e. The Hall–Kier alpha value is -1.65. The molecule has 2 aromatic rings. The van der Waals surface area contributed by atoms with Crippen LogP contribution in [0.25, 0.3) is 11.0 Å². The number of hydrogen-bond acceptors (Lipinski definition) is 3. The van der Waals surface area contributed by atoms with Crippen molar-refractivity contribution in [3.05, 3.63) is 21.9 Å². The molecule has 2 aromatic heterocycles. The van der Waals surface area contributed by atoms with Gasteiger partial charge in [-0.05, 0) is 12.8 Å². The number of aromatic nitrogens is 4. The molecule has 0 atom stereocenters. The van der Waals surface area contributed by atoms with Gasteiger partial charge in [0.15, 0.2) is 5.65 Å². The third-order valence-corrected chi connectivity index (χ3v) is 2.39. The van der Waals surface area contributed by atoms with Crippen LogP contribution in [-0.4, -0.2) is 19.7 Å². The Morgan fingerprint density at radius 2 is 2.07 bits per heavy atom. The summed E-state index contributed by atoms with van der Waals surface area (Å²) in [5, 5.41) is 4.93. The van der Waals surface area contributed by atoms with E-state index in [9.17, 15) is 4.79 Å². The van der Waals surface area contributed by atoms with Gasteiger partial charge in [0.05, 0.1) is 5.69 Å². The van der Waals surface area contributed by atoms with Gasteiger partial charge in [0.25, 0.3) is 5.56 Å². The first-order valence-corrected chi connectivity index (χ1v) is 4.94. The third kappa shape index (κ3) is 1.44. The van der Waals surface area contributed by atoms with E-state index in [0.717, 1.165) is 5.69 Å². The second kappa shape index (κ2) is 3.18. The SMILES string of the molecule is Cc1nc2c(c(C(C)C)nn2C)c(=O)[nH]1. The number of nitrogens with one attached hydrogen (secondary N) is 1. The normalized spacial score (nSPS) is 11.5. The molecule has 0 radical (unpaired) electrons. The molecular weight excluding hydrogens is 192 g/mol. The van der Waals surface area contributed by atoms with Crippen LogP contribution in [0.5, 0.6) is 0 Å². The summed E-state index contributed by atoms with van der Waals surface area (Å²) in [7, 11) is 1.81. The molecule has 0 fully saturated rings. The van der Waals surface area contributed by atoms with E-state index in [2.05, 4.69) is 15.1 Å². The van der Waals surface area contributed by atoms with Gasteiger partial charge in [0, 0.05) is 7.05 Å². The zero-order chi connectivity index (χ0) is 11.2. The van der Waals surface area contributed by atoms with Gasteiger partial charge in [-0.2, -0.15) is 5.10 Å². The molecule has 0 aliphatic carbocycles. The van der Waals surface area contributed by atoms with Gasteiger partial charge >= 0.3 is 0 Å². The average molecular weight is 206 g/mol. The lowest BCUT2D eigenvalue weighted by Crippen LogP contribution is -2.11. The van der Waals surface area contributed by atoms with Crippen LogP contribution in [0.4, 0.5) is 0 Å². The zero-order valence-electron chi connectivity index (χ0n) is 9.33. The molecule has 0 unspecified atom stereocenters. The summed E-state index contributed by atoms with van der Waals surface area (Å²) in [6.07, 6.45) is 0. The average Bonchev–Trinajstić information content (AvgIpc) is 2.44. The Kier molecular flexibility index (Phi) is 2.10. The molecule has 15 heavy (non-hydrogen) atoms. The highest BCUT2D eigenvalue weighted by molar-refractivity contribution is 5.77. The summed E-state index contributed by atoms with van der Waals surface area (Å²) in [6, 6.07) is 0. The van der Waals surface area contributed by atoms with E-state index in [1.807, 2.05) is 13.8 Å². The lowest BCUT2D eigenvalue weighted by molar-refractivity contribution is 0.723. The summed E-state index contributed by atoms with van der Waals surface area (Å²) in [4.78, 5) is 18.8. The summed E-state index contributed by atoms with van der Waals surface area (Å²) in [6.45, 7) is 5.80. The standard InChI is InChI=1S/C10H14N4O/c1-5(2)8-7-9(14(4)13-8)11-6(3)12-10(7)15/h5H,1-4H3,(H,11,12,15). The monoisotopic (exact) mass is 206 g/mol. The van der Waals surface area contributed by atoms with Gasteiger partial charge in [-0.15, -0.1) is 0 Å². The van der Waals surface area contributed by atoms with E-state index in [-0.39, 0.29) is 11.5 Å². The molecule has 2 heterocycles. The summed E-state index contributed by atoms with van der Waals surface area (Å²) in [5.41, 5.74) is 1.36. The Bertz CT molecular complexity index is 565. The quantitative estimate of drug-likeness (QED) is 0.759. The van der Waals surface area contributed by atoms with Gasteiger partial charge < -0.3 is 4.98 Å². The lowest BCUT2D eigenvalue weighted by Gasteiger charge is -1.98. The molecule has 80 valence electrons. The fraction of sp³-hybridized carbons (Fsp3) is 0.500. The first kappa shape index (κ1) is 9.89. The zero-order valence-corrected chi connectivity index (χ0v) is 9.33. The molecular formula is C10H14N4O. The van der Waals surface area contributed by atoms with Gasteiger partial charge in [-0.3, -0.25) is 4.79 Å². The largest absolute Gasteiger partial charge is 0.310 e. The van der Waals surface area contributed by atoms with Gasteiger partial charge in [0.1, 0.15) is 11.2 Å². The number of nitrogens with zero attached hydrogens (tertiary/aromatic N) is 3. The van der Waals surface area contributed by atoms with E-state index >= 15 is 0 Å². The van der Waals surface area contributed by atoms with Crippen LogP contribution >= 0.6 is 0 Å². The predicted molar refractivity (Wildman–Crippen MR) is 58.0 cm³/mol. The Morgan fingerprint density at radius 3 is 2.67 bits per heavy atom. The fourth-order valence-corrected chi connectivity index (χ4v) is 1.70. The van der Waals surface area contributed by atoms with Crippen LogP contribution in [0.3, 0.4) is 0 Å². The van der Waals surface area contributed by atoms with E-state index in [1.165, 1.54) is 0 Å². The number of H-pyrrole nitrogens is 1. The summed E-state index contributed by atoms with van der Waals surface area (Å²) < 4.78 is 1.66. The van der Waals surface area contributed by atoms with Crippen molar-refractivity contribution >= 4 is 11.0 Å². The molecule has 0 bridgehead atoms. The molecule has 0 aliphatic heterocycles. The van der Waals surface area contributed by atoms with Crippen LogP contribution in [0.2, 0.25) is 0 Å². The van der Waals surface area contributed by atoms with Crippen molar-refractivity contribution in [2.75, 3.05) is 0 Å². The van der Waals surface area contributed by atoms with Crippen LogP contribution in [0, 0.1) is 6.92 Å². The van der Waals surface area contributed by atoms with Crippen molar-refractivity contribution in [2.24, 2.45) is 7.05 Å². The second-order valence-electron chi connectivity index (χ2n) is 4.01. The maximum Gasteiger partial charge on any atom is 0.262 e. The maximum absolute atomic E-state index is 11.8. The predicted octanol–water partition coefficient (Wildman–Crippen LogP) is 1.09. The highest BCUT2D eigenvalue weighted by Crippen LogP contribution is 2.19. The minimum atomic E-state index is -0.102. The van der Waals surface area contributed by atoms with Crippen LogP contribution in [0.1, 0.15) is 31.3 Å². The van der Waals surface area contributed by atoms with Crippen molar-refractivity contribution < 1.29 is 0 Å². The molecule has 0 amide bonds. The molecule has 2 rings (SSSR count). The molecule has 0 aromatic carbocycles. The molecule has 0 spiro atoms. The van der Waals surface area contributed by atoms with Crippen LogP contribution < -0.4 is 5.56 Å². The molecule has 0 aliphatic rings. The van der Waals surface area contributed by atoms with Crippen molar-refractivity contribution in [1.82, 2.24) is 19.7 Å². The topological polar surface area (TPSA) is 63.6 Å². The lowest BCUT2D eigenvalue weighted by atomic mass is 10.1. The number of rotatable bonds is 1. The molecule has 0 saturated carbocycles. The van der Waals surface area contributed by atoms with Gasteiger partial charge in [-0.1, -0.05) is 13.8 Å². The molecule has 5 nitrogen and oxygen atoms in total. The summed E-state index contributed by atoms with van der Waals surface area (Å²) in [5.74, 6) is 0.838. The van der Waals surface area contributed by atoms with Crippen LogP contribution in [0.15, 0.2) is 4.79 Å².